The first-order chi connectivity index (χ1) is 8.20. The van der Waals surface area contributed by atoms with E-state index in [1.807, 2.05) is 12.1 Å². The number of hydrogen-bond donors (Lipinski definition) is 2. The van der Waals surface area contributed by atoms with Crippen LogP contribution in [0.2, 0.25) is 5.02 Å². The number of nitrogens with one attached hydrogen (secondary N) is 1. The highest BCUT2D eigenvalue weighted by Crippen LogP contribution is 2.38. The summed E-state index contributed by atoms with van der Waals surface area (Å²) >= 11 is 6.10. The summed E-state index contributed by atoms with van der Waals surface area (Å²) in [5, 5.41) is 3.50. The fraction of sp³-hybridized carbons (Fsp3) is 0.364. The van der Waals surface area contributed by atoms with Crippen molar-refractivity contribution in [3.8, 4) is 11.5 Å². The average molecular weight is 256 g/mol. The van der Waals surface area contributed by atoms with Crippen LogP contribution >= 0.6 is 11.6 Å². The van der Waals surface area contributed by atoms with Gasteiger partial charge in [0.2, 0.25) is 0 Å². The molecular weight excluding hydrogens is 242 g/mol. The largest absolute Gasteiger partial charge is 0.486 e. The second kappa shape index (κ2) is 5.14. The van der Waals surface area contributed by atoms with Crippen LogP contribution in [0, 0.1) is 0 Å². The monoisotopic (exact) mass is 255 g/mol. The molecule has 1 aliphatic rings. The first-order valence-corrected chi connectivity index (χ1v) is 5.62. The number of guanidine groups is 1. The van der Waals surface area contributed by atoms with Crippen LogP contribution in [0.3, 0.4) is 0 Å². The summed E-state index contributed by atoms with van der Waals surface area (Å²) in [5.41, 5.74) is 6.51. The zero-order valence-corrected chi connectivity index (χ0v) is 10.3. The van der Waals surface area contributed by atoms with E-state index in [0.717, 1.165) is 5.56 Å². The van der Waals surface area contributed by atoms with Gasteiger partial charge in [-0.15, -0.1) is 0 Å². The van der Waals surface area contributed by atoms with Crippen molar-refractivity contribution >= 4 is 17.6 Å². The highest BCUT2D eigenvalue weighted by molar-refractivity contribution is 6.32. The second-order valence-corrected chi connectivity index (χ2v) is 3.97. The lowest BCUT2D eigenvalue weighted by Gasteiger charge is -2.20. The minimum absolute atomic E-state index is 0.385. The van der Waals surface area contributed by atoms with Gasteiger partial charge in [0.25, 0.3) is 0 Å². The van der Waals surface area contributed by atoms with Crippen LogP contribution in [-0.4, -0.2) is 26.2 Å². The molecule has 1 heterocycles. The minimum Gasteiger partial charge on any atom is -0.486 e. The molecule has 0 fully saturated rings. The summed E-state index contributed by atoms with van der Waals surface area (Å²) in [4.78, 5) is 3.81. The van der Waals surface area contributed by atoms with Crippen molar-refractivity contribution in [3.63, 3.8) is 0 Å². The van der Waals surface area contributed by atoms with Crippen molar-refractivity contribution in [2.75, 3.05) is 20.3 Å². The molecule has 0 aliphatic carbocycles. The number of nitrogens with zero attached hydrogens (tertiary/aromatic N) is 1. The summed E-state index contributed by atoms with van der Waals surface area (Å²) in [5.74, 6) is 1.67. The molecule has 0 saturated heterocycles. The van der Waals surface area contributed by atoms with Crippen molar-refractivity contribution in [2.24, 2.45) is 10.7 Å². The van der Waals surface area contributed by atoms with Gasteiger partial charge in [0, 0.05) is 13.6 Å². The third-order valence-corrected chi connectivity index (χ3v) is 2.65. The van der Waals surface area contributed by atoms with Gasteiger partial charge in [-0.1, -0.05) is 11.6 Å². The molecule has 6 heteroatoms. The van der Waals surface area contributed by atoms with Crippen LogP contribution in [0.1, 0.15) is 5.56 Å². The van der Waals surface area contributed by atoms with Crippen molar-refractivity contribution in [3.05, 3.63) is 22.7 Å². The molecule has 0 spiro atoms. The number of benzene rings is 1. The molecule has 17 heavy (non-hydrogen) atoms. The molecule has 3 N–H and O–H groups in total. The molecule has 0 radical (unpaired) electrons. The van der Waals surface area contributed by atoms with Gasteiger partial charge in [0.1, 0.15) is 13.2 Å². The molecular formula is C11H14ClN3O2. The molecule has 2 rings (SSSR count). The summed E-state index contributed by atoms with van der Waals surface area (Å²) in [6.07, 6.45) is 0. The van der Waals surface area contributed by atoms with Gasteiger partial charge < -0.3 is 20.5 Å². The third-order valence-electron chi connectivity index (χ3n) is 2.37. The van der Waals surface area contributed by atoms with E-state index in [1.54, 1.807) is 7.05 Å². The standard InChI is InChI=1S/C11H14ClN3O2/c1-14-11(13)15-6-7-4-8(12)10-9(5-7)16-2-3-17-10/h4-5H,2-3,6H2,1H3,(H3,13,14,15). The Morgan fingerprint density at radius 2 is 2.24 bits per heavy atom. The molecule has 0 aromatic heterocycles. The molecule has 1 aliphatic heterocycles. The number of halogens is 1. The molecule has 0 saturated carbocycles. The lowest BCUT2D eigenvalue weighted by atomic mass is 10.2. The van der Waals surface area contributed by atoms with E-state index >= 15 is 0 Å². The minimum atomic E-state index is 0.385. The molecule has 0 atom stereocenters. The Morgan fingerprint density at radius 3 is 3.00 bits per heavy atom. The predicted molar refractivity (Wildman–Crippen MR) is 66.8 cm³/mol. The normalized spacial score (nSPS) is 14.6. The van der Waals surface area contributed by atoms with Crippen LogP contribution in [0.4, 0.5) is 0 Å². The fourth-order valence-electron chi connectivity index (χ4n) is 1.54. The van der Waals surface area contributed by atoms with E-state index in [1.165, 1.54) is 0 Å². The summed E-state index contributed by atoms with van der Waals surface area (Å²) in [6, 6.07) is 3.71. The highest BCUT2D eigenvalue weighted by Gasteiger charge is 2.16. The number of fused-ring (bicyclic) bond motifs is 1. The molecule has 5 nitrogen and oxygen atoms in total. The van der Waals surface area contributed by atoms with Gasteiger partial charge in [0.05, 0.1) is 5.02 Å². The maximum atomic E-state index is 6.10. The molecule has 92 valence electrons. The van der Waals surface area contributed by atoms with Gasteiger partial charge in [-0.25, -0.2) is 0 Å². The van der Waals surface area contributed by atoms with E-state index in [0.29, 0.717) is 42.2 Å². The predicted octanol–water partition coefficient (Wildman–Crippen LogP) is 1.15. The van der Waals surface area contributed by atoms with Crippen molar-refractivity contribution in [1.29, 1.82) is 0 Å². The van der Waals surface area contributed by atoms with Crippen molar-refractivity contribution < 1.29 is 9.47 Å². The van der Waals surface area contributed by atoms with Gasteiger partial charge in [-0.3, -0.25) is 4.99 Å². The van der Waals surface area contributed by atoms with Crippen molar-refractivity contribution in [2.45, 2.75) is 6.54 Å². The van der Waals surface area contributed by atoms with Gasteiger partial charge in [0.15, 0.2) is 17.5 Å². The smallest absolute Gasteiger partial charge is 0.188 e. The Balaban J connectivity index is 2.16. The first kappa shape index (κ1) is 11.9. The Hall–Kier alpha value is -1.62. The lowest BCUT2D eigenvalue weighted by molar-refractivity contribution is 0.171. The highest BCUT2D eigenvalue weighted by atomic mass is 35.5. The van der Waals surface area contributed by atoms with Crippen LogP contribution in [-0.2, 0) is 6.54 Å². The Bertz CT molecular complexity index is 449. The third kappa shape index (κ3) is 2.74. The fourth-order valence-corrected chi connectivity index (χ4v) is 1.83. The number of ether oxygens (including phenoxy) is 2. The number of rotatable bonds is 2. The molecule has 0 amide bonds. The molecule has 1 aromatic carbocycles. The maximum Gasteiger partial charge on any atom is 0.188 e. The number of hydrogen-bond acceptors (Lipinski definition) is 3. The number of aliphatic imine (C=N–C) groups is 1. The van der Waals surface area contributed by atoms with E-state index in [9.17, 15) is 0 Å². The Kier molecular flexibility index (Phi) is 3.58. The quantitative estimate of drug-likeness (QED) is 0.614. The van der Waals surface area contributed by atoms with Gasteiger partial charge in [-0.2, -0.15) is 0 Å². The Morgan fingerprint density at radius 1 is 1.47 bits per heavy atom. The SMILES string of the molecule is CN=C(N)NCc1cc(Cl)c2c(c1)OCCO2. The van der Waals surface area contributed by atoms with Crippen LogP contribution in [0.25, 0.3) is 0 Å². The summed E-state index contributed by atoms with van der Waals surface area (Å²) < 4.78 is 10.9. The van der Waals surface area contributed by atoms with Gasteiger partial charge in [-0.05, 0) is 17.7 Å². The zero-order valence-electron chi connectivity index (χ0n) is 9.50. The topological polar surface area (TPSA) is 68.9 Å². The maximum absolute atomic E-state index is 6.10. The van der Waals surface area contributed by atoms with Gasteiger partial charge >= 0.3 is 0 Å². The molecule has 1 aromatic rings. The first-order valence-electron chi connectivity index (χ1n) is 5.25. The summed E-state index contributed by atoms with van der Waals surface area (Å²) in [6.45, 7) is 1.61. The van der Waals surface area contributed by atoms with Crippen LogP contribution in [0.15, 0.2) is 17.1 Å². The molecule has 0 bridgehead atoms. The Labute approximate surface area is 105 Å². The van der Waals surface area contributed by atoms with E-state index < -0.39 is 0 Å². The van der Waals surface area contributed by atoms with E-state index in [4.69, 9.17) is 26.8 Å². The average Bonchev–Trinajstić information content (AvgIpc) is 2.36. The van der Waals surface area contributed by atoms with Crippen LogP contribution < -0.4 is 20.5 Å². The zero-order chi connectivity index (χ0) is 12.3. The summed E-state index contributed by atoms with van der Waals surface area (Å²) in [7, 11) is 1.62. The van der Waals surface area contributed by atoms with Crippen molar-refractivity contribution in [1.82, 2.24) is 5.32 Å². The molecule has 0 unspecified atom stereocenters. The van der Waals surface area contributed by atoms with E-state index in [2.05, 4.69) is 10.3 Å². The number of nitrogens with two attached hydrogens (primary N) is 1. The lowest BCUT2D eigenvalue weighted by Crippen LogP contribution is -2.30. The second-order valence-electron chi connectivity index (χ2n) is 3.56. The van der Waals surface area contributed by atoms with Crippen LogP contribution in [0.5, 0.6) is 11.5 Å². The van der Waals surface area contributed by atoms with E-state index in [-0.39, 0.29) is 0 Å².